The Morgan fingerprint density at radius 1 is 1.06 bits per heavy atom. The second kappa shape index (κ2) is 8.90. The second-order valence-electron chi connectivity index (χ2n) is 7.46. The highest BCUT2D eigenvalue weighted by Gasteiger charge is 2.38. The number of nitrogens with one attached hydrogen (secondary N) is 1. The molecule has 4 rings (SSSR count). The van der Waals surface area contributed by atoms with Crippen LogP contribution in [0.25, 0.3) is 11.0 Å². The van der Waals surface area contributed by atoms with Crippen LogP contribution in [0.15, 0.2) is 70.7 Å². The zero-order valence-corrected chi connectivity index (χ0v) is 18.6. The number of aryl methyl sites for hydroxylation is 1. The average Bonchev–Trinajstić information content (AvgIpc) is 3.30. The lowest BCUT2D eigenvalue weighted by molar-refractivity contribution is -0.140. The van der Waals surface area contributed by atoms with Crippen LogP contribution in [-0.2, 0) is 22.4 Å². The number of aromatic nitrogens is 3. The van der Waals surface area contributed by atoms with Crippen LogP contribution in [0.4, 0.5) is 13.2 Å². The van der Waals surface area contributed by atoms with Gasteiger partial charge >= 0.3 is 6.18 Å². The molecule has 0 atom stereocenters. The summed E-state index contributed by atoms with van der Waals surface area (Å²) in [7, 11) is -3.25. The van der Waals surface area contributed by atoms with E-state index in [0.717, 1.165) is 12.1 Å². The number of fused-ring (bicyclic) bond motifs is 1. The predicted molar refractivity (Wildman–Crippen MR) is 116 cm³/mol. The van der Waals surface area contributed by atoms with Crippen molar-refractivity contribution in [2.75, 3.05) is 7.11 Å². The van der Waals surface area contributed by atoms with E-state index < -0.39 is 26.5 Å². The summed E-state index contributed by atoms with van der Waals surface area (Å²) in [6, 6.07) is 9.81. The molecule has 0 unspecified atom stereocenters. The van der Waals surface area contributed by atoms with Crippen LogP contribution in [-0.4, -0.2) is 36.5 Å². The molecular weight excluding hydrogens is 471 g/mol. The lowest BCUT2D eigenvalue weighted by Gasteiger charge is -2.15. The van der Waals surface area contributed by atoms with Gasteiger partial charge in [0.05, 0.1) is 28.7 Å². The number of H-pyrrole nitrogens is 1. The number of hydrogen-bond donors (Lipinski definition) is 1. The highest BCUT2D eigenvalue weighted by atomic mass is 32.2. The Bertz CT molecular complexity index is 1460. The summed E-state index contributed by atoms with van der Waals surface area (Å²) in [5, 5.41) is 7.26. The summed E-state index contributed by atoms with van der Waals surface area (Å²) in [5.74, 6) is -0.256. The van der Waals surface area contributed by atoms with E-state index >= 15 is 0 Å². The van der Waals surface area contributed by atoms with Gasteiger partial charge in [0.15, 0.2) is 11.4 Å². The number of ketones is 1. The first-order valence-corrected chi connectivity index (χ1v) is 11.5. The van der Waals surface area contributed by atoms with E-state index in [1.807, 2.05) is 0 Å². The number of carbonyl (C=O) groups is 1. The van der Waals surface area contributed by atoms with Crippen molar-refractivity contribution in [3.05, 3.63) is 77.6 Å². The van der Waals surface area contributed by atoms with Crippen molar-refractivity contribution < 1.29 is 31.1 Å². The Kier molecular flexibility index (Phi) is 6.13. The molecule has 0 saturated heterocycles. The summed E-state index contributed by atoms with van der Waals surface area (Å²) >= 11 is 0. The molecule has 0 aliphatic heterocycles. The molecule has 0 radical (unpaired) electrons. The van der Waals surface area contributed by atoms with Gasteiger partial charge in [-0.15, -0.1) is 0 Å². The summed E-state index contributed by atoms with van der Waals surface area (Å²) in [5.41, 5.74) is 0.353. The van der Waals surface area contributed by atoms with Gasteiger partial charge in [0.1, 0.15) is 5.75 Å². The summed E-state index contributed by atoms with van der Waals surface area (Å²) in [6.07, 6.45) is -1.41. The molecule has 176 valence electrons. The highest BCUT2D eigenvalue weighted by molar-refractivity contribution is 7.91. The maximum Gasteiger partial charge on any atom is 0.417 e. The summed E-state index contributed by atoms with van der Waals surface area (Å²) in [6.45, 7) is 0. The Labute approximate surface area is 192 Å². The third-order valence-electron chi connectivity index (χ3n) is 5.27. The fourth-order valence-electron chi connectivity index (χ4n) is 3.45. The Morgan fingerprint density at radius 2 is 1.79 bits per heavy atom. The number of halogens is 3. The van der Waals surface area contributed by atoms with Gasteiger partial charge in [-0.05, 0) is 48.4 Å². The Hall–Kier alpha value is -3.73. The molecule has 0 amide bonds. The van der Waals surface area contributed by atoms with Crippen molar-refractivity contribution in [2.24, 2.45) is 0 Å². The molecule has 0 aliphatic carbocycles. The number of Topliss-reactive ketones (excluding diaryl/α,β-unsaturated/α-hetero) is 1. The number of methoxy groups -OCH3 is 1. The molecule has 0 saturated carbocycles. The largest absolute Gasteiger partial charge is 0.497 e. The van der Waals surface area contributed by atoms with Gasteiger partial charge in [-0.3, -0.25) is 9.89 Å². The molecule has 0 spiro atoms. The van der Waals surface area contributed by atoms with Gasteiger partial charge in [-0.2, -0.15) is 18.3 Å². The zero-order valence-electron chi connectivity index (χ0n) is 17.8. The molecular formula is C23H18F3N3O4S. The van der Waals surface area contributed by atoms with Crippen LogP contribution in [0.3, 0.4) is 0 Å². The molecule has 34 heavy (non-hydrogen) atoms. The van der Waals surface area contributed by atoms with E-state index in [9.17, 15) is 26.4 Å². The van der Waals surface area contributed by atoms with E-state index in [1.54, 1.807) is 12.3 Å². The molecule has 0 aliphatic rings. The monoisotopic (exact) mass is 489 g/mol. The average molecular weight is 489 g/mol. The standard InChI is InChI=1S/C23H18F3N3O4S/c1-33-17-5-9-21(19(11-17)23(24,25)26)34(31,32)18-6-2-14(3-7-18)4-8-20(30)15-10-16-13-28-29-22(16)27-12-15/h2-3,5-7,9-13H,4,8H2,1H3,(H,27,28,29). The van der Waals surface area contributed by atoms with Gasteiger partial charge < -0.3 is 4.74 Å². The van der Waals surface area contributed by atoms with Gasteiger partial charge in [-0.25, -0.2) is 13.4 Å². The third kappa shape index (κ3) is 4.65. The third-order valence-corrected chi connectivity index (χ3v) is 7.10. The minimum atomic E-state index is -4.88. The smallest absolute Gasteiger partial charge is 0.417 e. The first-order chi connectivity index (χ1) is 16.1. The minimum Gasteiger partial charge on any atom is -0.497 e. The summed E-state index contributed by atoms with van der Waals surface area (Å²) in [4.78, 5) is 15.5. The molecule has 1 N–H and O–H groups in total. The molecule has 2 heterocycles. The molecule has 2 aromatic carbocycles. The predicted octanol–water partition coefficient (Wildman–Crippen LogP) is 4.63. The number of benzene rings is 2. The van der Waals surface area contributed by atoms with Crippen LogP contribution in [0.2, 0.25) is 0 Å². The van der Waals surface area contributed by atoms with Crippen molar-refractivity contribution >= 4 is 26.7 Å². The van der Waals surface area contributed by atoms with Gasteiger partial charge in [0.25, 0.3) is 0 Å². The summed E-state index contributed by atoms with van der Waals surface area (Å²) < 4.78 is 71.2. The van der Waals surface area contributed by atoms with Crippen molar-refractivity contribution in [3.8, 4) is 5.75 Å². The molecule has 4 aromatic rings. The van der Waals surface area contributed by atoms with Crippen LogP contribution in [0.5, 0.6) is 5.75 Å². The number of nitrogens with zero attached hydrogens (tertiary/aromatic N) is 2. The van der Waals surface area contributed by atoms with Crippen molar-refractivity contribution in [1.29, 1.82) is 0 Å². The van der Waals surface area contributed by atoms with Gasteiger partial charge in [0.2, 0.25) is 9.84 Å². The quantitative estimate of drug-likeness (QED) is 0.380. The number of hydrogen-bond acceptors (Lipinski definition) is 6. The number of rotatable bonds is 7. The van der Waals surface area contributed by atoms with Crippen molar-refractivity contribution in [3.63, 3.8) is 0 Å². The zero-order chi connectivity index (χ0) is 24.5. The fourth-order valence-corrected chi connectivity index (χ4v) is 4.91. The van der Waals surface area contributed by atoms with Crippen molar-refractivity contribution in [1.82, 2.24) is 15.2 Å². The molecule has 11 heteroatoms. The van der Waals surface area contributed by atoms with Crippen LogP contribution >= 0.6 is 0 Å². The van der Waals surface area contributed by atoms with Crippen LogP contribution in [0, 0.1) is 0 Å². The lowest BCUT2D eigenvalue weighted by Crippen LogP contribution is -2.14. The normalized spacial score (nSPS) is 12.1. The highest BCUT2D eigenvalue weighted by Crippen LogP contribution is 2.38. The molecule has 7 nitrogen and oxygen atoms in total. The van der Waals surface area contributed by atoms with Gasteiger partial charge in [0, 0.05) is 23.6 Å². The molecule has 0 fully saturated rings. The number of ether oxygens (including phenoxy) is 1. The number of alkyl halides is 3. The first kappa shape index (κ1) is 23.4. The number of sulfone groups is 1. The maximum atomic E-state index is 13.5. The van der Waals surface area contributed by atoms with Crippen LogP contribution in [0.1, 0.15) is 27.9 Å². The fraction of sp³-hybridized carbons (Fsp3) is 0.174. The molecule has 0 bridgehead atoms. The Balaban J connectivity index is 1.52. The topological polar surface area (TPSA) is 102 Å². The van der Waals surface area contributed by atoms with E-state index in [1.165, 1.54) is 37.6 Å². The maximum absolute atomic E-state index is 13.5. The van der Waals surface area contributed by atoms with Crippen LogP contribution < -0.4 is 4.74 Å². The lowest BCUT2D eigenvalue weighted by atomic mass is 10.0. The van der Waals surface area contributed by atoms with Crippen molar-refractivity contribution in [2.45, 2.75) is 28.8 Å². The van der Waals surface area contributed by atoms with Gasteiger partial charge in [-0.1, -0.05) is 12.1 Å². The molecule has 2 aromatic heterocycles. The number of pyridine rings is 1. The second-order valence-corrected chi connectivity index (χ2v) is 9.38. The first-order valence-electron chi connectivity index (χ1n) is 10.0. The van der Waals surface area contributed by atoms with E-state index in [4.69, 9.17) is 4.74 Å². The van der Waals surface area contributed by atoms with E-state index in [-0.39, 0.29) is 22.8 Å². The number of aromatic amines is 1. The number of carbonyl (C=O) groups excluding carboxylic acids is 1. The van der Waals surface area contributed by atoms with E-state index in [0.29, 0.717) is 34.6 Å². The minimum absolute atomic E-state index is 0.103. The SMILES string of the molecule is COc1ccc(S(=O)(=O)c2ccc(CCC(=O)c3cnc4[nH]ncc4c3)cc2)c(C(F)(F)F)c1. The Morgan fingerprint density at radius 3 is 2.47 bits per heavy atom. The van der Waals surface area contributed by atoms with E-state index in [2.05, 4.69) is 15.2 Å².